The normalized spacial score (nSPS) is 33.8. The summed E-state index contributed by atoms with van der Waals surface area (Å²) in [7, 11) is 0. The van der Waals surface area contributed by atoms with Crippen LogP contribution in [-0.2, 0) is 4.79 Å². The van der Waals surface area contributed by atoms with Crippen LogP contribution in [0.3, 0.4) is 0 Å². The first-order valence-electron chi connectivity index (χ1n) is 10.6. The van der Waals surface area contributed by atoms with E-state index in [-0.39, 0.29) is 0 Å². The summed E-state index contributed by atoms with van der Waals surface area (Å²) in [6, 6.07) is 3.61. The van der Waals surface area contributed by atoms with Crippen molar-refractivity contribution >= 4 is 17.4 Å². The van der Waals surface area contributed by atoms with E-state index in [0.29, 0.717) is 30.6 Å². The van der Waals surface area contributed by atoms with Crippen LogP contribution in [0.15, 0.2) is 12.1 Å². The van der Waals surface area contributed by atoms with Gasteiger partial charge in [-0.2, -0.15) is 13.2 Å². The van der Waals surface area contributed by atoms with Crippen LogP contribution in [0.25, 0.3) is 0 Å². The second kappa shape index (κ2) is 7.28. The molecule has 1 saturated heterocycles. The number of rotatable bonds is 3. The molecule has 1 aromatic rings. The molecule has 2 aliphatic carbocycles. The fraction of sp³-hybridized carbons (Fsp3) is 0.714. The predicted molar refractivity (Wildman–Crippen MR) is 109 cm³/mol. The Kier molecular flexibility index (Phi) is 5.15. The van der Waals surface area contributed by atoms with Gasteiger partial charge in [0.1, 0.15) is 5.82 Å². The van der Waals surface area contributed by atoms with Crippen molar-refractivity contribution < 1.29 is 18.0 Å². The smallest absolute Gasteiger partial charge is 0.381 e. The molecule has 4 rings (SSSR count). The minimum absolute atomic E-state index is 0.316. The van der Waals surface area contributed by atoms with Gasteiger partial charge in [-0.3, -0.25) is 4.79 Å². The fourth-order valence-corrected chi connectivity index (χ4v) is 5.63. The van der Waals surface area contributed by atoms with Crippen molar-refractivity contribution in [1.82, 2.24) is 9.88 Å². The SMILES string of the molecule is Cc1nc(N2CC(C)N(C(=O)C(F)(F)F)C(C)C2)ccc1NC1CC2(CC(N)C2)C1. The highest BCUT2D eigenvalue weighted by atomic mass is 19.4. The molecule has 0 aromatic carbocycles. The molecule has 3 N–H and O–H groups in total. The fourth-order valence-electron chi connectivity index (χ4n) is 5.63. The van der Waals surface area contributed by atoms with Gasteiger partial charge in [0.15, 0.2) is 0 Å². The molecule has 0 bridgehead atoms. The first-order chi connectivity index (χ1) is 14.0. The van der Waals surface area contributed by atoms with E-state index in [1.54, 1.807) is 13.8 Å². The Morgan fingerprint density at radius 1 is 1.17 bits per heavy atom. The number of anilines is 2. The number of pyridine rings is 1. The maximum atomic E-state index is 12.9. The highest BCUT2D eigenvalue weighted by Crippen LogP contribution is 2.55. The molecule has 1 aliphatic heterocycles. The second-order valence-electron chi connectivity index (χ2n) is 9.53. The Morgan fingerprint density at radius 3 is 2.27 bits per heavy atom. The zero-order valence-corrected chi connectivity index (χ0v) is 17.7. The van der Waals surface area contributed by atoms with E-state index in [4.69, 9.17) is 10.7 Å². The quantitative estimate of drug-likeness (QED) is 0.779. The molecular weight excluding hydrogens is 395 g/mol. The summed E-state index contributed by atoms with van der Waals surface area (Å²) in [5.74, 6) is -1.04. The van der Waals surface area contributed by atoms with Crippen molar-refractivity contribution in [3.05, 3.63) is 17.8 Å². The molecule has 1 amide bonds. The van der Waals surface area contributed by atoms with Crippen molar-refractivity contribution in [3.63, 3.8) is 0 Å². The summed E-state index contributed by atoms with van der Waals surface area (Å²) in [5.41, 5.74) is 8.25. The Morgan fingerprint density at radius 2 is 1.77 bits per heavy atom. The number of piperazine rings is 1. The number of carbonyl (C=O) groups is 1. The Labute approximate surface area is 175 Å². The van der Waals surface area contributed by atoms with Gasteiger partial charge < -0.3 is 20.9 Å². The number of nitrogens with one attached hydrogen (secondary N) is 1. The maximum Gasteiger partial charge on any atom is 0.471 e. The first-order valence-corrected chi connectivity index (χ1v) is 10.6. The highest BCUT2D eigenvalue weighted by Gasteiger charge is 2.52. The van der Waals surface area contributed by atoms with Gasteiger partial charge in [-0.05, 0) is 64.0 Å². The molecule has 30 heavy (non-hydrogen) atoms. The van der Waals surface area contributed by atoms with Gasteiger partial charge in [-0.1, -0.05) is 0 Å². The van der Waals surface area contributed by atoms with Crippen molar-refractivity contribution in [2.45, 2.75) is 76.8 Å². The van der Waals surface area contributed by atoms with Crippen LogP contribution in [0.1, 0.15) is 45.2 Å². The van der Waals surface area contributed by atoms with E-state index in [9.17, 15) is 18.0 Å². The first kappa shape index (κ1) is 21.2. The summed E-state index contributed by atoms with van der Waals surface area (Å²) < 4.78 is 38.7. The lowest BCUT2D eigenvalue weighted by molar-refractivity contribution is -0.190. The number of hydrogen-bond donors (Lipinski definition) is 2. The van der Waals surface area contributed by atoms with Crippen molar-refractivity contribution in [1.29, 1.82) is 0 Å². The van der Waals surface area contributed by atoms with Crippen LogP contribution in [0, 0.1) is 12.3 Å². The summed E-state index contributed by atoms with van der Waals surface area (Å²) in [5, 5.41) is 3.57. The van der Waals surface area contributed by atoms with Crippen molar-refractivity contribution in [3.8, 4) is 0 Å². The van der Waals surface area contributed by atoms with Gasteiger partial charge in [-0.15, -0.1) is 0 Å². The molecule has 2 unspecified atom stereocenters. The number of amides is 1. The third-order valence-corrected chi connectivity index (χ3v) is 6.90. The van der Waals surface area contributed by atoms with Crippen LogP contribution in [0.4, 0.5) is 24.7 Å². The molecule has 166 valence electrons. The van der Waals surface area contributed by atoms with Gasteiger partial charge >= 0.3 is 12.1 Å². The van der Waals surface area contributed by atoms with Gasteiger partial charge in [0.2, 0.25) is 0 Å². The van der Waals surface area contributed by atoms with E-state index in [1.165, 1.54) is 0 Å². The van der Waals surface area contributed by atoms with E-state index < -0.39 is 24.2 Å². The molecule has 0 radical (unpaired) electrons. The number of alkyl halides is 3. The van der Waals surface area contributed by atoms with Crippen molar-refractivity contribution in [2.75, 3.05) is 23.3 Å². The number of aromatic nitrogens is 1. The third kappa shape index (κ3) is 3.84. The molecule has 3 fully saturated rings. The zero-order chi connectivity index (χ0) is 21.8. The van der Waals surface area contributed by atoms with Crippen LogP contribution in [0.2, 0.25) is 0 Å². The average molecular weight is 425 g/mol. The predicted octanol–water partition coefficient (Wildman–Crippen LogP) is 3.06. The Hall–Kier alpha value is -2.03. The number of aryl methyl sites for hydroxylation is 1. The molecule has 9 heteroatoms. The van der Waals surface area contributed by atoms with E-state index in [0.717, 1.165) is 47.8 Å². The highest BCUT2D eigenvalue weighted by molar-refractivity contribution is 5.82. The molecule has 2 atom stereocenters. The topological polar surface area (TPSA) is 74.5 Å². The minimum atomic E-state index is -4.85. The number of halogens is 3. The largest absolute Gasteiger partial charge is 0.471 e. The van der Waals surface area contributed by atoms with Gasteiger partial charge in [0.05, 0.1) is 11.4 Å². The Bertz CT molecular complexity index is 803. The van der Waals surface area contributed by atoms with Crippen LogP contribution in [0.5, 0.6) is 0 Å². The number of carbonyl (C=O) groups excluding carboxylic acids is 1. The third-order valence-electron chi connectivity index (χ3n) is 6.90. The maximum absolute atomic E-state index is 12.9. The molecule has 6 nitrogen and oxygen atoms in total. The number of nitrogens with two attached hydrogens (primary N) is 1. The van der Waals surface area contributed by atoms with E-state index >= 15 is 0 Å². The lowest BCUT2D eigenvalue weighted by Crippen LogP contribution is -2.61. The van der Waals surface area contributed by atoms with Gasteiger partial charge in [0.25, 0.3) is 0 Å². The average Bonchev–Trinajstić information content (AvgIpc) is 2.58. The standard InChI is InChI=1S/C21H30F3N5O/c1-12-10-28(11-13(2)29(12)19(30)21(22,23)24)18-5-4-17(14(3)26-18)27-16-8-20(9-16)6-15(25)7-20/h4-5,12-13,15-16,27H,6-11,25H2,1-3H3. The minimum Gasteiger partial charge on any atom is -0.381 e. The summed E-state index contributed by atoms with van der Waals surface area (Å²) in [6.45, 7) is 5.87. The monoisotopic (exact) mass is 425 g/mol. The van der Waals surface area contributed by atoms with Crippen LogP contribution in [-0.4, -0.2) is 59.2 Å². The lowest BCUT2D eigenvalue weighted by Gasteiger charge is -2.57. The van der Waals surface area contributed by atoms with Gasteiger partial charge in [-0.25, -0.2) is 4.98 Å². The zero-order valence-electron chi connectivity index (χ0n) is 17.7. The second-order valence-corrected chi connectivity index (χ2v) is 9.53. The molecule has 2 saturated carbocycles. The Balaban J connectivity index is 1.38. The van der Waals surface area contributed by atoms with E-state index in [2.05, 4.69) is 5.32 Å². The number of hydrogen-bond acceptors (Lipinski definition) is 5. The number of nitrogens with zero attached hydrogens (tertiary/aromatic N) is 3. The molecular formula is C21H30F3N5O. The summed E-state index contributed by atoms with van der Waals surface area (Å²) in [4.78, 5) is 19.4. The van der Waals surface area contributed by atoms with E-state index in [1.807, 2.05) is 24.0 Å². The molecule has 3 aliphatic rings. The summed E-state index contributed by atoms with van der Waals surface area (Å²) >= 11 is 0. The van der Waals surface area contributed by atoms with Gasteiger partial charge in [0, 0.05) is 37.3 Å². The molecule has 2 heterocycles. The van der Waals surface area contributed by atoms with Crippen LogP contribution >= 0.6 is 0 Å². The van der Waals surface area contributed by atoms with Crippen molar-refractivity contribution in [2.24, 2.45) is 11.1 Å². The molecule has 1 aromatic heterocycles. The summed E-state index contributed by atoms with van der Waals surface area (Å²) in [6.07, 6.45) is -0.309. The molecule has 1 spiro atoms. The lowest BCUT2D eigenvalue weighted by atomic mass is 9.52. The van der Waals surface area contributed by atoms with Crippen LogP contribution < -0.4 is 16.0 Å².